The van der Waals surface area contributed by atoms with Crippen LogP contribution in [0.25, 0.3) is 0 Å². The van der Waals surface area contributed by atoms with Gasteiger partial charge in [-0.25, -0.2) is 0 Å². The molecule has 0 spiro atoms. The molecule has 124 valence electrons. The molecule has 0 aliphatic rings. The van der Waals surface area contributed by atoms with Gasteiger partial charge in [-0.3, -0.25) is 14.4 Å². The van der Waals surface area contributed by atoms with Gasteiger partial charge < -0.3 is 37.5 Å². The molecule has 0 saturated heterocycles. The van der Waals surface area contributed by atoms with Crippen LogP contribution in [0.3, 0.4) is 0 Å². The van der Waals surface area contributed by atoms with E-state index in [-0.39, 0.29) is 41.9 Å². The number of hydrogen-bond donors (Lipinski definition) is 5. The number of rotatable bonds is 0. The van der Waals surface area contributed by atoms with Crippen LogP contribution in [0.4, 0.5) is 0 Å². The molecule has 0 aromatic carbocycles. The summed E-state index contributed by atoms with van der Waals surface area (Å²) in [5.74, 6) is -3.58. The molecule has 0 saturated carbocycles. The van der Waals surface area contributed by atoms with Gasteiger partial charge >= 0.3 is 29.6 Å². The number of hydrogen-bond acceptors (Lipinski definition) is 7. The summed E-state index contributed by atoms with van der Waals surface area (Å²) >= 11 is 0. The Balaban J connectivity index is -0.0000000164. The molecule has 0 amide bonds. The van der Waals surface area contributed by atoms with Crippen LogP contribution in [0.5, 0.6) is 0 Å². The van der Waals surface area contributed by atoms with E-state index in [9.17, 15) is 0 Å². The molecule has 0 unspecified atom stereocenters. The second kappa shape index (κ2) is 51.3. The fraction of sp³-hybridized carbons (Fsp3) is 0.400. The maximum Gasteiger partial charge on any atom is 1.00 e. The number of carboxylic acid groups (broad SMARTS) is 4. The van der Waals surface area contributed by atoms with Crippen molar-refractivity contribution in [3.05, 3.63) is 13.2 Å². The van der Waals surface area contributed by atoms with E-state index in [0.717, 1.165) is 27.7 Å². The van der Waals surface area contributed by atoms with Gasteiger partial charge in [-0.05, 0) is 6.92 Å². The number of carbonyl (C=O) groups excluding carboxylic acids is 1. The van der Waals surface area contributed by atoms with Crippen LogP contribution in [0, 0.1) is 0 Å². The van der Waals surface area contributed by atoms with Gasteiger partial charge in [-0.1, -0.05) is 0 Å². The quantitative estimate of drug-likeness (QED) is 0.226. The second-order valence-electron chi connectivity index (χ2n) is 2.05. The molecule has 21 heavy (non-hydrogen) atoms. The van der Waals surface area contributed by atoms with Crippen LogP contribution in [0.15, 0.2) is 13.2 Å². The standard InChI is InChI=1S/4C2H4O2.C2H4.2H3N.Na/c4*1-2(3)4;1-2;;;/h4*1H3,(H,3,4);1-2H2;2*1H3;/q;;;;;;;+1/p-1. The maximum atomic E-state index is 9.00. The minimum Gasteiger partial charge on any atom is -0.550 e. The molecule has 9 N–H and O–H groups in total. The Bertz CT molecular complexity index is 185. The number of carbonyl (C=O) groups is 4. The SMILES string of the molecule is C=C.CC(=O)O.CC(=O)O.CC(=O)O.CC(=O)[O-].N.N.[Na+]. The minimum atomic E-state index is -1.08. The first kappa shape index (κ1) is 50.4. The molecular weight excluding hydrogens is 299 g/mol. The van der Waals surface area contributed by atoms with E-state index in [2.05, 4.69) is 13.2 Å². The maximum absolute atomic E-state index is 9.00. The van der Waals surface area contributed by atoms with Gasteiger partial charge in [0.2, 0.25) is 0 Å². The predicted molar refractivity (Wildman–Crippen MR) is 71.9 cm³/mol. The summed E-state index contributed by atoms with van der Waals surface area (Å²) in [5, 5.41) is 31.1. The van der Waals surface area contributed by atoms with Gasteiger partial charge in [0.25, 0.3) is 17.9 Å². The molecule has 0 aromatic rings. The van der Waals surface area contributed by atoms with Crippen molar-refractivity contribution in [1.29, 1.82) is 0 Å². The smallest absolute Gasteiger partial charge is 0.550 e. The predicted octanol–water partition coefficient (Wildman–Crippen LogP) is -2.84. The molecule has 0 atom stereocenters. The summed E-state index contributed by atoms with van der Waals surface area (Å²) < 4.78 is 0. The van der Waals surface area contributed by atoms with Crippen molar-refractivity contribution in [3.63, 3.8) is 0 Å². The summed E-state index contributed by atoms with van der Waals surface area (Å²) in [7, 11) is 0. The zero-order chi connectivity index (χ0) is 16.3. The van der Waals surface area contributed by atoms with Gasteiger partial charge in [0.1, 0.15) is 0 Å². The minimum absolute atomic E-state index is 0. The second-order valence-corrected chi connectivity index (χ2v) is 2.05. The van der Waals surface area contributed by atoms with Crippen molar-refractivity contribution in [2.45, 2.75) is 27.7 Å². The zero-order valence-electron chi connectivity index (χ0n) is 13.2. The van der Waals surface area contributed by atoms with Crippen molar-refractivity contribution < 1.29 is 69.2 Å². The largest absolute Gasteiger partial charge is 1.00 e. The van der Waals surface area contributed by atoms with E-state index >= 15 is 0 Å². The Morgan fingerprint density at radius 3 is 0.714 bits per heavy atom. The van der Waals surface area contributed by atoms with Crippen molar-refractivity contribution in [2.24, 2.45) is 0 Å². The third kappa shape index (κ3) is 2380. The Kier molecular flexibility index (Phi) is 123. The number of aliphatic carboxylic acids is 4. The van der Waals surface area contributed by atoms with Crippen LogP contribution in [-0.4, -0.2) is 39.2 Å². The Hall–Kier alpha value is -1.46. The third-order valence-electron chi connectivity index (χ3n) is 0. The van der Waals surface area contributed by atoms with Crippen molar-refractivity contribution in [1.82, 2.24) is 12.3 Å². The molecule has 0 bridgehead atoms. The van der Waals surface area contributed by atoms with E-state index in [1.165, 1.54) is 0 Å². The van der Waals surface area contributed by atoms with E-state index in [1.807, 2.05) is 0 Å². The average molecular weight is 324 g/mol. The summed E-state index contributed by atoms with van der Waals surface area (Å²) in [6.07, 6.45) is 0. The molecule has 10 nitrogen and oxygen atoms in total. The van der Waals surface area contributed by atoms with Crippen LogP contribution in [0.2, 0.25) is 0 Å². The zero-order valence-corrected chi connectivity index (χ0v) is 15.2. The normalized spacial score (nSPS) is 4.95. The van der Waals surface area contributed by atoms with Crippen LogP contribution in [-0.2, 0) is 19.2 Å². The van der Waals surface area contributed by atoms with Crippen molar-refractivity contribution in [2.75, 3.05) is 0 Å². The monoisotopic (exact) mass is 324 g/mol. The van der Waals surface area contributed by atoms with Gasteiger partial charge in [0, 0.05) is 26.7 Å². The fourth-order valence-corrected chi connectivity index (χ4v) is 0. The van der Waals surface area contributed by atoms with Gasteiger partial charge in [-0.15, -0.1) is 13.2 Å². The molecule has 0 rings (SSSR count). The summed E-state index contributed by atoms with van der Waals surface area (Å²) in [6.45, 7) is 10.2. The van der Waals surface area contributed by atoms with Crippen LogP contribution < -0.4 is 47.0 Å². The molecular formula is C10H25N2NaO8. The van der Waals surface area contributed by atoms with Crippen molar-refractivity contribution >= 4 is 23.9 Å². The fourth-order valence-electron chi connectivity index (χ4n) is 0. The van der Waals surface area contributed by atoms with E-state index in [0.29, 0.717) is 0 Å². The molecule has 0 heterocycles. The average Bonchev–Trinajstić information content (AvgIpc) is 2.01. The molecule has 0 radical (unpaired) electrons. The van der Waals surface area contributed by atoms with Gasteiger partial charge in [0.05, 0.1) is 0 Å². The van der Waals surface area contributed by atoms with E-state index in [4.69, 9.17) is 39.6 Å². The number of carboxylic acids is 4. The topological polar surface area (TPSA) is 222 Å². The first-order chi connectivity index (χ1) is 7.93. The first-order valence-electron chi connectivity index (χ1n) is 4.19. The Morgan fingerprint density at radius 2 is 0.714 bits per heavy atom. The summed E-state index contributed by atoms with van der Waals surface area (Å²) in [4.78, 5) is 35.9. The molecule has 0 aliphatic heterocycles. The third-order valence-corrected chi connectivity index (χ3v) is 0. The van der Waals surface area contributed by atoms with Crippen LogP contribution in [0.1, 0.15) is 27.7 Å². The Labute approximate surface area is 146 Å². The molecule has 0 aromatic heterocycles. The van der Waals surface area contributed by atoms with Gasteiger partial charge in [0.15, 0.2) is 0 Å². The van der Waals surface area contributed by atoms with Crippen LogP contribution >= 0.6 is 0 Å². The van der Waals surface area contributed by atoms with E-state index < -0.39 is 23.9 Å². The first-order valence-corrected chi connectivity index (χ1v) is 4.19. The van der Waals surface area contributed by atoms with E-state index in [1.54, 1.807) is 0 Å². The van der Waals surface area contributed by atoms with Crippen molar-refractivity contribution in [3.8, 4) is 0 Å². The molecule has 0 fully saturated rings. The summed E-state index contributed by atoms with van der Waals surface area (Å²) in [6, 6.07) is 0. The Morgan fingerprint density at radius 1 is 0.714 bits per heavy atom. The van der Waals surface area contributed by atoms with Gasteiger partial charge in [-0.2, -0.15) is 0 Å². The summed E-state index contributed by atoms with van der Waals surface area (Å²) in [5.41, 5.74) is 0. The molecule has 0 aliphatic carbocycles. The molecule has 11 heteroatoms.